The molecule has 0 aromatic heterocycles. The predicted octanol–water partition coefficient (Wildman–Crippen LogP) is 4.18. The Balaban J connectivity index is 2.07. The van der Waals surface area contributed by atoms with E-state index in [1.54, 1.807) is 18.2 Å². The molecule has 3 aromatic carbocycles. The van der Waals surface area contributed by atoms with Crippen LogP contribution in [0.4, 0.5) is 5.69 Å². The van der Waals surface area contributed by atoms with Crippen molar-refractivity contribution in [1.29, 1.82) is 0 Å². The summed E-state index contributed by atoms with van der Waals surface area (Å²) in [5.41, 5.74) is 1.82. The van der Waals surface area contributed by atoms with Gasteiger partial charge in [-0.05, 0) is 30.0 Å². The third-order valence-electron chi connectivity index (χ3n) is 3.56. The molecule has 3 rings (SSSR count). The fraction of sp³-hybridized carbons (Fsp3) is 0.0556. The molecule has 0 saturated heterocycles. The molecule has 0 fully saturated rings. The summed E-state index contributed by atoms with van der Waals surface area (Å²) in [4.78, 5) is 12.5. The van der Waals surface area contributed by atoms with Gasteiger partial charge in [-0.25, -0.2) is 0 Å². The topological polar surface area (TPSA) is 40.5 Å². The first-order valence-electron chi connectivity index (χ1n) is 6.75. The van der Waals surface area contributed by atoms with Crippen molar-refractivity contribution in [3.8, 4) is 0 Å². The molecule has 0 atom stereocenters. The van der Waals surface area contributed by atoms with Gasteiger partial charge in [0.15, 0.2) is 0 Å². The highest BCUT2D eigenvalue weighted by Gasteiger charge is 2.18. The van der Waals surface area contributed by atoms with Gasteiger partial charge in [0.05, 0.1) is 5.69 Å². The molecule has 104 valence electrons. The molecule has 3 aromatic rings. The molecular formula is C18H15NO2. The minimum absolute atomic E-state index is 0.426. The zero-order valence-electron chi connectivity index (χ0n) is 11.7. The molecule has 0 saturated carbocycles. The van der Waals surface area contributed by atoms with E-state index in [-0.39, 0.29) is 0 Å². The molecule has 0 spiro atoms. The molecule has 1 amide bonds. The van der Waals surface area contributed by atoms with Crippen LogP contribution in [0.1, 0.15) is 15.9 Å². The Morgan fingerprint density at radius 2 is 1.57 bits per heavy atom. The first kappa shape index (κ1) is 13.3. The van der Waals surface area contributed by atoms with Crippen LogP contribution >= 0.6 is 0 Å². The highest BCUT2D eigenvalue weighted by molar-refractivity contribution is 6.09. The zero-order valence-corrected chi connectivity index (χ0v) is 11.7. The summed E-state index contributed by atoms with van der Waals surface area (Å²) in [5, 5.41) is 12.9. The van der Waals surface area contributed by atoms with E-state index in [0.717, 1.165) is 21.4 Å². The second-order valence-corrected chi connectivity index (χ2v) is 4.93. The van der Waals surface area contributed by atoms with Crippen LogP contribution in [-0.2, 0) is 0 Å². The molecule has 1 N–H and O–H groups in total. The second-order valence-electron chi connectivity index (χ2n) is 4.93. The minimum atomic E-state index is -0.426. The van der Waals surface area contributed by atoms with Gasteiger partial charge in [-0.3, -0.25) is 10.0 Å². The Hall–Kier alpha value is -2.65. The summed E-state index contributed by atoms with van der Waals surface area (Å²) >= 11 is 0. The third kappa shape index (κ3) is 2.39. The van der Waals surface area contributed by atoms with Crippen LogP contribution in [0.2, 0.25) is 0 Å². The summed E-state index contributed by atoms with van der Waals surface area (Å²) in [6.07, 6.45) is 0. The van der Waals surface area contributed by atoms with E-state index in [0.29, 0.717) is 11.3 Å². The van der Waals surface area contributed by atoms with Crippen LogP contribution in [0, 0.1) is 6.92 Å². The average Bonchev–Trinajstić information content (AvgIpc) is 2.53. The fourth-order valence-electron chi connectivity index (χ4n) is 2.43. The Morgan fingerprint density at radius 3 is 2.38 bits per heavy atom. The Labute approximate surface area is 123 Å². The number of carbonyl (C=O) groups is 1. The van der Waals surface area contributed by atoms with E-state index in [9.17, 15) is 10.0 Å². The number of carbonyl (C=O) groups excluding carboxylic acids is 1. The van der Waals surface area contributed by atoms with Crippen molar-refractivity contribution < 1.29 is 10.0 Å². The van der Waals surface area contributed by atoms with Crippen molar-refractivity contribution in [1.82, 2.24) is 0 Å². The van der Waals surface area contributed by atoms with Gasteiger partial charge in [-0.15, -0.1) is 0 Å². The van der Waals surface area contributed by atoms with Crippen LogP contribution < -0.4 is 5.06 Å². The first-order chi connectivity index (χ1) is 10.2. The maximum Gasteiger partial charge on any atom is 0.282 e. The third-order valence-corrected chi connectivity index (χ3v) is 3.56. The van der Waals surface area contributed by atoms with Gasteiger partial charge in [0.2, 0.25) is 0 Å². The van der Waals surface area contributed by atoms with Crippen molar-refractivity contribution >= 4 is 22.4 Å². The van der Waals surface area contributed by atoms with Gasteiger partial charge in [0.25, 0.3) is 5.91 Å². The Kier molecular flexibility index (Phi) is 3.42. The van der Waals surface area contributed by atoms with Crippen molar-refractivity contribution in [2.75, 3.05) is 5.06 Å². The normalized spacial score (nSPS) is 10.6. The van der Waals surface area contributed by atoms with E-state index < -0.39 is 5.91 Å². The van der Waals surface area contributed by atoms with Crippen LogP contribution in [0.25, 0.3) is 10.8 Å². The van der Waals surface area contributed by atoms with Gasteiger partial charge in [-0.2, -0.15) is 5.06 Å². The molecule has 3 heteroatoms. The van der Waals surface area contributed by atoms with Crippen LogP contribution in [-0.4, -0.2) is 11.1 Å². The summed E-state index contributed by atoms with van der Waals surface area (Å²) in [6, 6.07) is 20.4. The molecule has 0 unspecified atom stereocenters. The lowest BCUT2D eigenvalue weighted by molar-refractivity contribution is 0.0855. The van der Waals surface area contributed by atoms with Crippen molar-refractivity contribution in [2.24, 2.45) is 0 Å². The number of benzene rings is 3. The number of hydrogen-bond donors (Lipinski definition) is 1. The lowest BCUT2D eigenvalue weighted by Gasteiger charge is -2.18. The minimum Gasteiger partial charge on any atom is -0.281 e. The number of rotatable bonds is 2. The summed E-state index contributed by atoms with van der Waals surface area (Å²) in [5.74, 6) is -0.426. The van der Waals surface area contributed by atoms with Gasteiger partial charge >= 0.3 is 0 Å². The van der Waals surface area contributed by atoms with E-state index in [1.807, 2.05) is 55.5 Å². The van der Waals surface area contributed by atoms with E-state index in [1.165, 1.54) is 0 Å². The van der Waals surface area contributed by atoms with Crippen LogP contribution in [0.15, 0.2) is 66.7 Å². The monoisotopic (exact) mass is 277 g/mol. The molecule has 0 aliphatic carbocycles. The van der Waals surface area contributed by atoms with Crippen molar-refractivity contribution in [2.45, 2.75) is 6.92 Å². The second kappa shape index (κ2) is 5.38. The van der Waals surface area contributed by atoms with Crippen LogP contribution in [0.3, 0.4) is 0 Å². The fourth-order valence-corrected chi connectivity index (χ4v) is 2.43. The van der Waals surface area contributed by atoms with Crippen molar-refractivity contribution in [3.63, 3.8) is 0 Å². The Bertz CT molecular complexity index is 806. The first-order valence-corrected chi connectivity index (χ1v) is 6.75. The summed E-state index contributed by atoms with van der Waals surface area (Å²) < 4.78 is 0. The number of hydroxylamine groups is 1. The molecule has 0 aliphatic rings. The number of amides is 1. The maximum absolute atomic E-state index is 12.5. The smallest absolute Gasteiger partial charge is 0.281 e. The SMILES string of the molecule is Cc1ccccc1C(=O)N(O)c1cccc2ccccc12. The standard InChI is InChI=1S/C18H15NO2/c1-13-7-2-4-10-15(13)18(20)19(21)17-12-6-9-14-8-3-5-11-16(14)17/h2-12,21H,1H3. The zero-order chi connectivity index (χ0) is 14.8. The van der Waals surface area contributed by atoms with E-state index in [4.69, 9.17) is 0 Å². The molecule has 0 bridgehead atoms. The molecular weight excluding hydrogens is 262 g/mol. The molecule has 3 nitrogen and oxygen atoms in total. The maximum atomic E-state index is 12.5. The Morgan fingerprint density at radius 1 is 0.905 bits per heavy atom. The largest absolute Gasteiger partial charge is 0.282 e. The molecule has 0 aliphatic heterocycles. The predicted molar refractivity (Wildman–Crippen MR) is 83.7 cm³/mol. The quantitative estimate of drug-likeness (QED) is 0.563. The summed E-state index contributed by atoms with van der Waals surface area (Å²) in [7, 11) is 0. The number of anilines is 1. The lowest BCUT2D eigenvalue weighted by atomic mass is 10.1. The molecule has 0 radical (unpaired) electrons. The molecule has 0 heterocycles. The number of nitrogens with zero attached hydrogens (tertiary/aromatic N) is 1. The van der Waals surface area contributed by atoms with Gasteiger partial charge in [0.1, 0.15) is 0 Å². The molecule has 21 heavy (non-hydrogen) atoms. The highest BCUT2D eigenvalue weighted by atomic mass is 16.5. The van der Waals surface area contributed by atoms with Crippen LogP contribution in [0.5, 0.6) is 0 Å². The average molecular weight is 277 g/mol. The van der Waals surface area contributed by atoms with Gasteiger partial charge in [-0.1, -0.05) is 54.6 Å². The van der Waals surface area contributed by atoms with E-state index in [2.05, 4.69) is 0 Å². The van der Waals surface area contributed by atoms with Gasteiger partial charge in [0, 0.05) is 10.9 Å². The lowest BCUT2D eigenvalue weighted by Crippen LogP contribution is -2.27. The highest BCUT2D eigenvalue weighted by Crippen LogP contribution is 2.27. The number of hydrogen-bond acceptors (Lipinski definition) is 2. The van der Waals surface area contributed by atoms with Gasteiger partial charge < -0.3 is 0 Å². The number of aryl methyl sites for hydroxylation is 1. The summed E-state index contributed by atoms with van der Waals surface area (Å²) in [6.45, 7) is 1.85. The van der Waals surface area contributed by atoms with E-state index >= 15 is 0 Å². The van der Waals surface area contributed by atoms with Crippen molar-refractivity contribution in [3.05, 3.63) is 77.9 Å². The number of fused-ring (bicyclic) bond motifs is 1.